The minimum atomic E-state index is -0.0129. The second-order valence-electron chi connectivity index (χ2n) is 13.4. The lowest BCUT2D eigenvalue weighted by Crippen LogP contribution is -2.17. The topological polar surface area (TPSA) is 76.5 Å². The molecule has 0 radical (unpaired) electrons. The Morgan fingerprint density at radius 1 is 0.389 bits per heavy atom. The molecular formula is C48H32N6. The molecular weight excluding hydrogens is 661 g/mol. The molecule has 1 atom stereocenters. The molecule has 0 fully saturated rings. The largest absolute Gasteiger partial charge is 0.379 e. The van der Waals surface area contributed by atoms with E-state index in [1.165, 1.54) is 32.3 Å². The van der Waals surface area contributed by atoms with Crippen molar-refractivity contribution in [2.24, 2.45) is 0 Å². The maximum atomic E-state index is 4.83. The van der Waals surface area contributed by atoms with Gasteiger partial charge in [-0.25, -0.2) is 0 Å². The number of nitrogens with zero attached hydrogens (tertiary/aromatic N) is 5. The number of nitrogens with one attached hydrogen (secondary N) is 1. The van der Waals surface area contributed by atoms with Gasteiger partial charge < -0.3 is 5.32 Å². The van der Waals surface area contributed by atoms with E-state index < -0.39 is 0 Å². The summed E-state index contributed by atoms with van der Waals surface area (Å²) in [6.45, 7) is 0. The molecule has 9 aromatic rings. The second-order valence-corrected chi connectivity index (χ2v) is 13.4. The summed E-state index contributed by atoms with van der Waals surface area (Å²) in [5, 5.41) is 11.0. The van der Waals surface area contributed by atoms with Gasteiger partial charge in [-0.15, -0.1) is 0 Å². The van der Waals surface area contributed by atoms with Gasteiger partial charge in [-0.05, 0) is 116 Å². The van der Waals surface area contributed by atoms with E-state index in [0.29, 0.717) is 0 Å². The standard InChI is InChI=1S/C48H32N6/c1-2-8-38-37(7-1)39-17-11-31(33-13-19-45(51-27-33)47-21-15-35(29-53-47)43-9-3-5-23-49-43)25-41(39)42-26-32(12-18-40(38)42)34-14-20-46(52-28-34)48-22-16-36(30-54-48)44-10-4-6-24-50-44/h1-30,45,51H. The zero-order chi connectivity index (χ0) is 35.8. The fourth-order valence-corrected chi connectivity index (χ4v) is 7.38. The van der Waals surface area contributed by atoms with Crippen LogP contribution in [0, 0.1) is 0 Å². The van der Waals surface area contributed by atoms with Gasteiger partial charge in [0.05, 0.1) is 34.5 Å². The number of pyridine rings is 5. The van der Waals surface area contributed by atoms with Gasteiger partial charge in [-0.1, -0.05) is 78.9 Å². The highest BCUT2D eigenvalue weighted by atomic mass is 14.9. The number of fused-ring (bicyclic) bond motifs is 6. The van der Waals surface area contributed by atoms with Crippen LogP contribution in [0.3, 0.4) is 0 Å². The molecule has 6 nitrogen and oxygen atoms in total. The summed E-state index contributed by atoms with van der Waals surface area (Å²) in [6.07, 6.45) is 15.8. The zero-order valence-electron chi connectivity index (χ0n) is 29.1. The lowest BCUT2D eigenvalue weighted by atomic mass is 9.90. The number of dihydropyridines is 1. The summed E-state index contributed by atoms with van der Waals surface area (Å²) in [5.41, 5.74) is 10.9. The van der Waals surface area contributed by atoms with Gasteiger partial charge in [0, 0.05) is 53.9 Å². The number of allylic oxidation sites excluding steroid dienone is 2. The molecule has 54 heavy (non-hydrogen) atoms. The average Bonchev–Trinajstić information content (AvgIpc) is 3.27. The maximum Gasteiger partial charge on any atom is 0.0886 e. The third kappa shape index (κ3) is 5.76. The molecule has 4 aromatic carbocycles. The van der Waals surface area contributed by atoms with Crippen LogP contribution in [0.2, 0.25) is 0 Å². The van der Waals surface area contributed by atoms with Gasteiger partial charge in [0.15, 0.2) is 0 Å². The van der Waals surface area contributed by atoms with E-state index in [1.54, 1.807) is 12.4 Å². The molecule has 6 heteroatoms. The Kier molecular flexibility index (Phi) is 7.77. The molecule has 0 amide bonds. The van der Waals surface area contributed by atoms with E-state index in [-0.39, 0.29) is 6.04 Å². The summed E-state index contributed by atoms with van der Waals surface area (Å²) in [6, 6.07) is 46.4. The summed E-state index contributed by atoms with van der Waals surface area (Å²) in [4.78, 5) is 23.2. The molecule has 1 aliphatic rings. The predicted octanol–water partition coefficient (Wildman–Crippen LogP) is 11.0. The zero-order valence-corrected chi connectivity index (χ0v) is 29.1. The Labute approximate surface area is 312 Å². The second kappa shape index (κ2) is 13.3. The highest BCUT2D eigenvalue weighted by Gasteiger charge is 2.16. The number of hydrogen-bond acceptors (Lipinski definition) is 6. The third-order valence-electron chi connectivity index (χ3n) is 10.2. The molecule has 1 unspecified atom stereocenters. The lowest BCUT2D eigenvalue weighted by molar-refractivity contribution is 0.724. The molecule has 254 valence electrons. The monoisotopic (exact) mass is 692 g/mol. The van der Waals surface area contributed by atoms with Gasteiger partial charge in [-0.3, -0.25) is 24.9 Å². The predicted molar refractivity (Wildman–Crippen MR) is 219 cm³/mol. The molecule has 0 saturated heterocycles. The van der Waals surface area contributed by atoms with E-state index in [2.05, 4.69) is 112 Å². The van der Waals surface area contributed by atoms with Crippen molar-refractivity contribution in [1.82, 2.24) is 30.2 Å². The van der Waals surface area contributed by atoms with Gasteiger partial charge >= 0.3 is 0 Å². The summed E-state index contributed by atoms with van der Waals surface area (Å²) < 4.78 is 0. The highest BCUT2D eigenvalue weighted by Crippen LogP contribution is 2.39. The van der Waals surface area contributed by atoms with Gasteiger partial charge in [-0.2, -0.15) is 0 Å². The van der Waals surface area contributed by atoms with Crippen molar-refractivity contribution in [2.75, 3.05) is 0 Å². The quantitative estimate of drug-likeness (QED) is 0.175. The molecule has 0 bridgehead atoms. The van der Waals surface area contributed by atoms with Crippen molar-refractivity contribution in [3.05, 3.63) is 194 Å². The first kappa shape index (κ1) is 31.4. The maximum absolute atomic E-state index is 4.83. The van der Waals surface area contributed by atoms with E-state index in [0.717, 1.165) is 61.9 Å². The SMILES string of the molecule is C1=CC(c2ccc(-c3ccccn3)cn2)NC=C1c1ccc2c3ccccc3c3ccc(-c4ccc(-c5ccc(-c6ccccn6)cn5)nc4)cc3c2c1. The van der Waals surface area contributed by atoms with Crippen molar-refractivity contribution in [3.63, 3.8) is 0 Å². The van der Waals surface area contributed by atoms with Crippen LogP contribution in [0.1, 0.15) is 17.3 Å². The van der Waals surface area contributed by atoms with Crippen LogP contribution in [-0.4, -0.2) is 24.9 Å². The summed E-state index contributed by atoms with van der Waals surface area (Å²) in [7, 11) is 0. The van der Waals surface area contributed by atoms with Gasteiger partial charge in [0.1, 0.15) is 0 Å². The first-order chi connectivity index (χ1) is 26.7. The van der Waals surface area contributed by atoms with E-state index in [4.69, 9.17) is 15.0 Å². The van der Waals surface area contributed by atoms with Crippen LogP contribution in [0.5, 0.6) is 0 Å². The Hall–Kier alpha value is -7.31. The van der Waals surface area contributed by atoms with Gasteiger partial charge in [0.2, 0.25) is 0 Å². The van der Waals surface area contributed by atoms with Crippen LogP contribution >= 0.6 is 0 Å². The Bertz CT molecular complexity index is 2870. The van der Waals surface area contributed by atoms with Gasteiger partial charge in [0.25, 0.3) is 0 Å². The van der Waals surface area contributed by atoms with Crippen LogP contribution in [0.4, 0.5) is 0 Å². The van der Waals surface area contributed by atoms with E-state index in [1.807, 2.05) is 73.2 Å². The van der Waals surface area contributed by atoms with Crippen molar-refractivity contribution >= 4 is 37.9 Å². The smallest absolute Gasteiger partial charge is 0.0886 e. The van der Waals surface area contributed by atoms with Crippen molar-refractivity contribution in [3.8, 4) is 45.0 Å². The van der Waals surface area contributed by atoms with Crippen LogP contribution < -0.4 is 5.32 Å². The normalized spacial score (nSPS) is 13.9. The van der Waals surface area contributed by atoms with E-state index in [9.17, 15) is 0 Å². The van der Waals surface area contributed by atoms with Crippen LogP contribution in [0.25, 0.3) is 82.9 Å². The molecule has 1 aliphatic heterocycles. The minimum absolute atomic E-state index is 0.0129. The molecule has 1 N–H and O–H groups in total. The fourth-order valence-electron chi connectivity index (χ4n) is 7.38. The number of aromatic nitrogens is 5. The first-order valence-corrected chi connectivity index (χ1v) is 18.0. The Balaban J connectivity index is 0.965. The number of rotatable bonds is 6. The average molecular weight is 693 g/mol. The van der Waals surface area contributed by atoms with Crippen molar-refractivity contribution in [2.45, 2.75) is 6.04 Å². The van der Waals surface area contributed by atoms with Crippen LogP contribution in [0.15, 0.2) is 183 Å². The molecule has 0 spiro atoms. The minimum Gasteiger partial charge on any atom is -0.379 e. The molecule has 10 rings (SSSR count). The molecule has 6 heterocycles. The Morgan fingerprint density at radius 3 is 1.46 bits per heavy atom. The lowest BCUT2D eigenvalue weighted by Gasteiger charge is -2.19. The first-order valence-electron chi connectivity index (χ1n) is 18.0. The molecule has 0 aliphatic carbocycles. The fraction of sp³-hybridized carbons (Fsp3) is 0.0208. The van der Waals surface area contributed by atoms with E-state index >= 15 is 0 Å². The van der Waals surface area contributed by atoms with Crippen LogP contribution in [-0.2, 0) is 0 Å². The highest BCUT2D eigenvalue weighted by molar-refractivity contribution is 6.26. The third-order valence-corrected chi connectivity index (χ3v) is 10.2. The summed E-state index contributed by atoms with van der Waals surface area (Å²) >= 11 is 0. The number of benzene rings is 4. The Morgan fingerprint density at radius 2 is 0.926 bits per heavy atom. The van der Waals surface area contributed by atoms with Crippen molar-refractivity contribution < 1.29 is 0 Å². The molecule has 5 aromatic heterocycles. The summed E-state index contributed by atoms with van der Waals surface area (Å²) in [5.74, 6) is 0. The number of hydrogen-bond donors (Lipinski definition) is 1. The van der Waals surface area contributed by atoms with Crippen molar-refractivity contribution in [1.29, 1.82) is 0 Å². The molecule has 0 saturated carbocycles.